The summed E-state index contributed by atoms with van der Waals surface area (Å²) in [7, 11) is 0. The zero-order valence-corrected chi connectivity index (χ0v) is 11.8. The molecule has 1 aromatic rings. The molecule has 0 aliphatic carbocycles. The average Bonchev–Trinajstić information content (AvgIpc) is 2.36. The molecule has 0 saturated carbocycles. The Bertz CT molecular complexity index is 558. The van der Waals surface area contributed by atoms with E-state index in [-0.39, 0.29) is 6.54 Å². The molecule has 114 valence electrons. The third-order valence-electron chi connectivity index (χ3n) is 2.65. The number of alkyl halides is 3. The zero-order valence-electron chi connectivity index (χ0n) is 11.8. The van der Waals surface area contributed by atoms with Crippen molar-refractivity contribution in [3.8, 4) is 6.07 Å². The summed E-state index contributed by atoms with van der Waals surface area (Å²) in [5.41, 5.74) is 0.0449. The number of nitrogens with zero attached hydrogens (tertiary/aromatic N) is 3. The van der Waals surface area contributed by atoms with Crippen molar-refractivity contribution in [2.24, 2.45) is 0 Å². The molecular formula is C13H15F3N4O. The zero-order chi connectivity index (χ0) is 16.3. The summed E-state index contributed by atoms with van der Waals surface area (Å²) in [6.45, 7) is 5.01. The van der Waals surface area contributed by atoms with Gasteiger partial charge in [0.1, 0.15) is 6.54 Å². The fourth-order valence-corrected chi connectivity index (χ4v) is 1.52. The molecule has 0 spiro atoms. The number of pyridine rings is 1. The number of halogens is 3. The predicted octanol–water partition coefficient (Wildman–Crippen LogP) is 2.37. The van der Waals surface area contributed by atoms with Gasteiger partial charge in [0.2, 0.25) is 0 Å². The lowest BCUT2D eigenvalue weighted by Gasteiger charge is -2.33. The standard InChI is InChI=1S/C13H15F3N4O/c1-12(2,3)20(7-5-17)19-11(21)9-8-18-6-4-10(9)13(14,15)16/h4,6,8H,7H2,1-3H3,(H,19,21). The fourth-order valence-electron chi connectivity index (χ4n) is 1.52. The Morgan fingerprint density at radius 3 is 2.52 bits per heavy atom. The quantitative estimate of drug-likeness (QED) is 0.687. The highest BCUT2D eigenvalue weighted by atomic mass is 19.4. The van der Waals surface area contributed by atoms with E-state index in [1.165, 1.54) is 5.01 Å². The number of carbonyl (C=O) groups is 1. The maximum Gasteiger partial charge on any atom is 0.417 e. The van der Waals surface area contributed by atoms with Crippen molar-refractivity contribution in [3.63, 3.8) is 0 Å². The minimum atomic E-state index is -4.66. The number of hydrogen-bond acceptors (Lipinski definition) is 4. The van der Waals surface area contributed by atoms with Gasteiger partial charge in [-0.25, -0.2) is 5.01 Å². The summed E-state index contributed by atoms with van der Waals surface area (Å²) in [5, 5.41) is 10.00. The van der Waals surface area contributed by atoms with Gasteiger partial charge in [0.25, 0.3) is 5.91 Å². The molecule has 0 bridgehead atoms. The largest absolute Gasteiger partial charge is 0.417 e. The molecule has 0 saturated heterocycles. The highest BCUT2D eigenvalue weighted by Crippen LogP contribution is 2.31. The minimum absolute atomic E-state index is 0.156. The van der Waals surface area contributed by atoms with E-state index in [0.717, 1.165) is 18.5 Å². The van der Waals surface area contributed by atoms with E-state index < -0.39 is 28.7 Å². The normalized spacial score (nSPS) is 12.1. The van der Waals surface area contributed by atoms with Gasteiger partial charge in [0.05, 0.1) is 17.2 Å². The average molecular weight is 300 g/mol. The number of hydrogen-bond donors (Lipinski definition) is 1. The van der Waals surface area contributed by atoms with Crippen molar-refractivity contribution >= 4 is 5.91 Å². The fraction of sp³-hybridized carbons (Fsp3) is 0.462. The number of carbonyl (C=O) groups excluding carboxylic acids is 1. The number of amides is 1. The monoisotopic (exact) mass is 300 g/mol. The third-order valence-corrected chi connectivity index (χ3v) is 2.65. The Kier molecular flexibility index (Phi) is 4.91. The van der Waals surface area contributed by atoms with Gasteiger partial charge in [0, 0.05) is 17.9 Å². The van der Waals surface area contributed by atoms with Gasteiger partial charge >= 0.3 is 6.18 Å². The van der Waals surface area contributed by atoms with Crippen molar-refractivity contribution < 1.29 is 18.0 Å². The van der Waals surface area contributed by atoms with Crippen LogP contribution in [0.4, 0.5) is 13.2 Å². The number of hydrazine groups is 1. The van der Waals surface area contributed by atoms with Crippen LogP contribution in [0.3, 0.4) is 0 Å². The van der Waals surface area contributed by atoms with Gasteiger partial charge in [-0.3, -0.25) is 15.2 Å². The smallest absolute Gasteiger partial charge is 0.283 e. The SMILES string of the molecule is CC(C)(C)N(CC#N)NC(=O)c1cnccc1C(F)(F)F. The van der Waals surface area contributed by atoms with E-state index >= 15 is 0 Å². The Morgan fingerprint density at radius 1 is 1.43 bits per heavy atom. The van der Waals surface area contributed by atoms with Crippen LogP contribution in [0.5, 0.6) is 0 Å². The molecule has 1 N–H and O–H groups in total. The molecule has 0 fully saturated rings. The molecular weight excluding hydrogens is 285 g/mol. The van der Waals surface area contributed by atoms with Crippen molar-refractivity contribution in [3.05, 3.63) is 29.6 Å². The summed E-state index contributed by atoms with van der Waals surface area (Å²) in [6.07, 6.45) is -2.83. The van der Waals surface area contributed by atoms with E-state index in [9.17, 15) is 18.0 Å². The Balaban J connectivity index is 3.08. The van der Waals surface area contributed by atoms with Crippen molar-refractivity contribution in [1.29, 1.82) is 5.26 Å². The molecule has 8 heteroatoms. The van der Waals surface area contributed by atoms with Crippen LogP contribution in [0, 0.1) is 11.3 Å². The molecule has 0 atom stereocenters. The number of aromatic nitrogens is 1. The first kappa shape index (κ1) is 16.9. The van der Waals surface area contributed by atoms with E-state index in [2.05, 4.69) is 10.4 Å². The van der Waals surface area contributed by atoms with Crippen LogP contribution < -0.4 is 5.43 Å². The van der Waals surface area contributed by atoms with E-state index in [1.807, 2.05) is 6.07 Å². The van der Waals surface area contributed by atoms with Crippen LogP contribution in [-0.2, 0) is 6.18 Å². The van der Waals surface area contributed by atoms with Crippen LogP contribution in [0.1, 0.15) is 36.7 Å². The topological polar surface area (TPSA) is 69.0 Å². The summed E-state index contributed by atoms with van der Waals surface area (Å²) < 4.78 is 38.6. The second kappa shape index (κ2) is 6.10. The molecule has 0 aliphatic rings. The van der Waals surface area contributed by atoms with Gasteiger partial charge in [-0.15, -0.1) is 0 Å². The number of rotatable bonds is 3. The van der Waals surface area contributed by atoms with E-state index in [1.54, 1.807) is 20.8 Å². The van der Waals surface area contributed by atoms with Crippen LogP contribution in [-0.4, -0.2) is 28.0 Å². The first-order valence-electron chi connectivity index (χ1n) is 6.04. The maximum atomic E-state index is 12.9. The Morgan fingerprint density at radius 2 is 2.05 bits per heavy atom. The molecule has 1 amide bonds. The summed E-state index contributed by atoms with van der Waals surface area (Å²) in [4.78, 5) is 15.6. The molecule has 0 aromatic carbocycles. The third kappa shape index (κ3) is 4.43. The second-order valence-electron chi connectivity index (χ2n) is 5.28. The second-order valence-corrected chi connectivity index (χ2v) is 5.28. The Hall–Kier alpha value is -2.14. The molecule has 21 heavy (non-hydrogen) atoms. The molecule has 0 aliphatic heterocycles. The molecule has 0 unspecified atom stereocenters. The van der Waals surface area contributed by atoms with Crippen LogP contribution in [0.25, 0.3) is 0 Å². The summed E-state index contributed by atoms with van der Waals surface area (Å²) in [6, 6.07) is 2.59. The van der Waals surface area contributed by atoms with Crippen molar-refractivity contribution in [2.45, 2.75) is 32.5 Å². The minimum Gasteiger partial charge on any atom is -0.283 e. The van der Waals surface area contributed by atoms with Gasteiger partial charge in [-0.2, -0.15) is 18.4 Å². The van der Waals surface area contributed by atoms with Gasteiger partial charge < -0.3 is 0 Å². The van der Waals surface area contributed by atoms with E-state index in [4.69, 9.17) is 5.26 Å². The number of nitriles is 1. The first-order valence-corrected chi connectivity index (χ1v) is 6.04. The highest BCUT2D eigenvalue weighted by molar-refractivity contribution is 5.95. The van der Waals surface area contributed by atoms with E-state index in [0.29, 0.717) is 0 Å². The predicted molar refractivity (Wildman–Crippen MR) is 68.8 cm³/mol. The van der Waals surface area contributed by atoms with Gasteiger partial charge in [-0.1, -0.05) is 0 Å². The maximum absolute atomic E-state index is 12.9. The summed E-state index contributed by atoms with van der Waals surface area (Å²) in [5.74, 6) is -0.958. The first-order chi connectivity index (χ1) is 9.57. The van der Waals surface area contributed by atoms with Crippen LogP contribution >= 0.6 is 0 Å². The summed E-state index contributed by atoms with van der Waals surface area (Å²) >= 11 is 0. The van der Waals surface area contributed by atoms with Crippen LogP contribution in [0.2, 0.25) is 0 Å². The lowest BCUT2D eigenvalue weighted by atomic mass is 10.1. The lowest BCUT2D eigenvalue weighted by molar-refractivity contribution is -0.138. The van der Waals surface area contributed by atoms with Gasteiger partial charge in [0.15, 0.2) is 0 Å². The molecule has 5 nitrogen and oxygen atoms in total. The molecule has 1 heterocycles. The Labute approximate surface area is 120 Å². The van der Waals surface area contributed by atoms with Crippen molar-refractivity contribution in [1.82, 2.24) is 15.4 Å². The highest BCUT2D eigenvalue weighted by Gasteiger charge is 2.36. The molecule has 1 aromatic heterocycles. The lowest BCUT2D eigenvalue weighted by Crippen LogP contribution is -2.53. The van der Waals surface area contributed by atoms with Gasteiger partial charge in [-0.05, 0) is 26.8 Å². The number of nitrogens with one attached hydrogen (secondary N) is 1. The van der Waals surface area contributed by atoms with Crippen molar-refractivity contribution in [2.75, 3.05) is 6.54 Å². The van der Waals surface area contributed by atoms with Crippen LogP contribution in [0.15, 0.2) is 18.5 Å². The molecule has 0 radical (unpaired) electrons. The molecule has 1 rings (SSSR count).